The van der Waals surface area contributed by atoms with Crippen LogP contribution in [0.1, 0.15) is 0 Å². The van der Waals surface area contributed by atoms with Crippen LogP contribution in [0.2, 0.25) is 0 Å². The van der Waals surface area contributed by atoms with Crippen molar-refractivity contribution in [2.75, 3.05) is 28.4 Å². The molecule has 0 aliphatic carbocycles. The summed E-state index contributed by atoms with van der Waals surface area (Å²) < 4.78 is 23.7. The van der Waals surface area contributed by atoms with Crippen molar-refractivity contribution in [1.82, 2.24) is 39.9 Å². The Morgan fingerprint density at radius 1 is 0.264 bits per heavy atom. The van der Waals surface area contributed by atoms with Crippen molar-refractivity contribution in [1.29, 1.82) is 0 Å². The summed E-state index contributed by atoms with van der Waals surface area (Å²) in [6.07, 6.45) is 0. The molecule has 0 saturated heterocycles. The summed E-state index contributed by atoms with van der Waals surface area (Å²) in [5.74, 6) is 3.77. The number of methoxy groups -OCH3 is 4. The molecule has 3 aromatic heterocycles. The third kappa shape index (κ3) is 6.83. The van der Waals surface area contributed by atoms with Crippen LogP contribution < -0.4 is 18.9 Å². The lowest BCUT2D eigenvalue weighted by Crippen LogP contribution is -1.92. The van der Waals surface area contributed by atoms with E-state index in [1.54, 1.807) is 28.4 Å². The number of hydrogen-bond donors (Lipinski definition) is 2. The lowest BCUT2D eigenvalue weighted by atomic mass is 9.94. The fourth-order valence-electron chi connectivity index (χ4n) is 10.1. The highest BCUT2D eigenvalue weighted by Crippen LogP contribution is 2.47. The first-order valence-electron chi connectivity index (χ1n) is 23.4. The number of aromatic amines is 2. The molecule has 0 fully saturated rings. The van der Waals surface area contributed by atoms with Gasteiger partial charge in [-0.05, 0) is 68.8 Å². The molecule has 8 aromatic carbocycles. The minimum absolute atomic E-state index is 0.417. The highest BCUT2D eigenvalue weighted by Gasteiger charge is 2.28. The number of H-pyrrole nitrogens is 2. The molecule has 0 amide bonds. The standard InChI is InChI=1S/C60H42N8O4/c1-69-45-29-41-42(30-46(45)70-2)54-61-53(41)63-57-49-37(33-17-9-5-10-18-33)25-26-38(34-19-11-6-12-20-34)50(49)59(67-57)65-55-43-31-47(71-3)48(72-4)32-44(43)56(62-55)66-60-52-40(36-23-15-8-16-24-36)28-27-39(35-21-13-7-14-22-35)51(52)58(64-54)68-60/h5-32H,1-4H3,(H2,61,62,63,64,65,66,67,68). The van der Waals surface area contributed by atoms with E-state index in [9.17, 15) is 0 Å². The Balaban J connectivity index is 1.27. The molecule has 0 unspecified atom stereocenters. The molecule has 2 N–H and O–H groups in total. The first kappa shape index (κ1) is 42.4. The van der Waals surface area contributed by atoms with Crippen LogP contribution in [0.4, 0.5) is 0 Å². The van der Waals surface area contributed by atoms with Gasteiger partial charge >= 0.3 is 0 Å². The maximum Gasteiger partial charge on any atom is 0.164 e. The molecular weight excluding hydrogens is 897 g/mol. The zero-order valence-corrected chi connectivity index (χ0v) is 39.5. The zero-order valence-electron chi connectivity index (χ0n) is 39.5. The second kappa shape index (κ2) is 17.1. The number of nitrogens with one attached hydrogen (secondary N) is 2. The van der Waals surface area contributed by atoms with Gasteiger partial charge in [0.15, 0.2) is 46.3 Å². The van der Waals surface area contributed by atoms with Crippen LogP contribution in [0.15, 0.2) is 170 Å². The van der Waals surface area contributed by atoms with Gasteiger partial charge in [0.1, 0.15) is 22.6 Å². The fraction of sp³-hybridized carbons (Fsp3) is 0.0667. The Labute approximate surface area is 412 Å². The van der Waals surface area contributed by atoms with E-state index in [1.165, 1.54) is 0 Å². The van der Waals surface area contributed by atoms with Crippen LogP contribution in [0.5, 0.6) is 23.0 Å². The lowest BCUT2D eigenvalue weighted by molar-refractivity contribution is 0.355. The van der Waals surface area contributed by atoms with Gasteiger partial charge < -0.3 is 28.9 Å². The maximum absolute atomic E-state index is 5.92. The smallest absolute Gasteiger partial charge is 0.164 e. The van der Waals surface area contributed by atoms with Gasteiger partial charge in [0.05, 0.1) is 28.4 Å². The maximum atomic E-state index is 5.92. The fourth-order valence-corrected chi connectivity index (χ4v) is 10.1. The van der Waals surface area contributed by atoms with E-state index in [0.717, 1.165) is 66.1 Å². The molecule has 11 aromatic rings. The van der Waals surface area contributed by atoms with Gasteiger partial charge in [0, 0.05) is 43.8 Å². The topological polar surface area (TPSA) is 146 Å². The monoisotopic (exact) mass is 938 g/mol. The molecule has 0 spiro atoms. The van der Waals surface area contributed by atoms with Crippen LogP contribution in [-0.2, 0) is 0 Å². The van der Waals surface area contributed by atoms with E-state index in [1.807, 2.05) is 97.1 Å². The van der Waals surface area contributed by atoms with Crippen LogP contribution in [-0.4, -0.2) is 68.3 Å². The average molecular weight is 939 g/mol. The van der Waals surface area contributed by atoms with Crippen molar-refractivity contribution in [3.63, 3.8) is 0 Å². The van der Waals surface area contributed by atoms with Crippen LogP contribution in [0, 0.1) is 0 Å². The minimum atomic E-state index is 0.417. The molecule has 72 heavy (non-hydrogen) atoms. The first-order valence-corrected chi connectivity index (χ1v) is 23.4. The summed E-state index contributed by atoms with van der Waals surface area (Å²) in [5.41, 5.74) is 12.8. The molecule has 8 bridgehead atoms. The van der Waals surface area contributed by atoms with Gasteiger partial charge in [0.25, 0.3) is 0 Å². The predicted octanol–water partition coefficient (Wildman–Crippen LogP) is 13.6. The third-order valence-corrected chi connectivity index (χ3v) is 13.5. The quantitative estimate of drug-likeness (QED) is 0.151. The van der Waals surface area contributed by atoms with Crippen molar-refractivity contribution in [3.8, 4) is 113 Å². The lowest BCUT2D eigenvalue weighted by Gasteiger charge is -2.10. The number of nitrogens with zero attached hydrogens (tertiary/aromatic N) is 6. The number of benzene rings is 8. The zero-order chi connectivity index (χ0) is 48.5. The molecule has 13 rings (SSSR count). The number of ether oxygens (including phenoxy) is 4. The van der Waals surface area contributed by atoms with E-state index in [2.05, 4.69) is 82.8 Å². The van der Waals surface area contributed by atoms with E-state index in [-0.39, 0.29) is 0 Å². The second-order valence-corrected chi connectivity index (χ2v) is 17.4. The molecule has 2 aliphatic heterocycles. The molecule has 2 aliphatic rings. The van der Waals surface area contributed by atoms with E-state index in [4.69, 9.17) is 48.9 Å². The average Bonchev–Trinajstić information content (AvgIpc) is 4.18. The van der Waals surface area contributed by atoms with Gasteiger partial charge in [-0.15, -0.1) is 0 Å². The van der Waals surface area contributed by atoms with E-state index >= 15 is 0 Å². The van der Waals surface area contributed by atoms with Gasteiger partial charge in [-0.3, -0.25) is 0 Å². The van der Waals surface area contributed by atoms with Crippen molar-refractivity contribution in [2.24, 2.45) is 0 Å². The summed E-state index contributed by atoms with van der Waals surface area (Å²) >= 11 is 0. The Morgan fingerprint density at radius 2 is 0.486 bits per heavy atom. The van der Waals surface area contributed by atoms with Crippen molar-refractivity contribution >= 4 is 44.1 Å². The first-order chi connectivity index (χ1) is 35.5. The molecular formula is C60H42N8O4. The largest absolute Gasteiger partial charge is 0.493 e. The summed E-state index contributed by atoms with van der Waals surface area (Å²) in [6, 6.07) is 57.4. The summed E-state index contributed by atoms with van der Waals surface area (Å²) in [5, 5.41) is 3.39. The Morgan fingerprint density at radius 3 is 0.694 bits per heavy atom. The highest BCUT2D eigenvalue weighted by molar-refractivity contribution is 6.20. The van der Waals surface area contributed by atoms with Crippen LogP contribution >= 0.6 is 0 Å². The van der Waals surface area contributed by atoms with Crippen molar-refractivity contribution in [3.05, 3.63) is 170 Å². The Kier molecular flexibility index (Phi) is 10.1. The van der Waals surface area contributed by atoms with E-state index < -0.39 is 0 Å². The molecule has 346 valence electrons. The van der Waals surface area contributed by atoms with E-state index in [0.29, 0.717) is 91.1 Å². The van der Waals surface area contributed by atoms with Gasteiger partial charge in [0.2, 0.25) is 0 Å². The normalized spacial score (nSPS) is 11.6. The molecule has 5 heterocycles. The van der Waals surface area contributed by atoms with Gasteiger partial charge in [-0.1, -0.05) is 146 Å². The molecule has 12 nitrogen and oxygen atoms in total. The number of hydrogen-bond acceptors (Lipinski definition) is 10. The summed E-state index contributed by atoms with van der Waals surface area (Å²) in [4.78, 5) is 40.1. The second-order valence-electron chi connectivity index (χ2n) is 17.4. The van der Waals surface area contributed by atoms with Crippen molar-refractivity contribution in [2.45, 2.75) is 0 Å². The van der Waals surface area contributed by atoms with Gasteiger partial charge in [-0.2, -0.15) is 0 Å². The third-order valence-electron chi connectivity index (χ3n) is 13.5. The molecule has 0 radical (unpaired) electrons. The molecule has 0 atom stereocenters. The Bertz CT molecular complexity index is 3620. The number of fused-ring (bicyclic) bond motifs is 20. The summed E-state index contributed by atoms with van der Waals surface area (Å²) in [7, 11) is 6.49. The molecule has 0 saturated carbocycles. The minimum Gasteiger partial charge on any atom is -0.493 e. The highest BCUT2D eigenvalue weighted by atomic mass is 16.5. The van der Waals surface area contributed by atoms with Crippen LogP contribution in [0.25, 0.3) is 134 Å². The molecule has 12 heteroatoms. The number of aromatic nitrogens is 8. The Hall–Kier alpha value is -9.68. The van der Waals surface area contributed by atoms with Gasteiger partial charge in [-0.25, -0.2) is 29.9 Å². The van der Waals surface area contributed by atoms with Crippen LogP contribution in [0.3, 0.4) is 0 Å². The predicted molar refractivity (Wildman–Crippen MR) is 284 cm³/mol. The van der Waals surface area contributed by atoms with Crippen molar-refractivity contribution < 1.29 is 18.9 Å². The number of rotatable bonds is 8. The summed E-state index contributed by atoms with van der Waals surface area (Å²) in [6.45, 7) is 0. The SMILES string of the molecule is COc1cc2c(cc1OC)-c1nc-2nc2[nH]c(nc3nc(nc4[nH]c(n1)c1c(-c5ccccc5)ccc(-c5ccccc5)c41)-c1cc(OC)c(OC)cc1-3)c1c(-c3ccccc3)ccc(-c3ccccc3)c21.